The zero-order valence-corrected chi connectivity index (χ0v) is 10.6. The molecule has 0 aromatic rings. The lowest BCUT2D eigenvalue weighted by atomic mass is 10.2. The minimum Gasteiger partial charge on any atom is -0.131 e. The van der Waals surface area contributed by atoms with Crippen molar-refractivity contribution in [3.63, 3.8) is 0 Å². The molecule has 0 heterocycles. The number of rotatable bonds is 2. The summed E-state index contributed by atoms with van der Waals surface area (Å²) in [6, 6.07) is 0. The smallest absolute Gasteiger partial charge is 0.129 e. The largest absolute Gasteiger partial charge is 0.131 e. The Labute approximate surface area is 83.9 Å². The fraction of sp³-hybridized carbons (Fsp3) is 0.625. The van der Waals surface area contributed by atoms with Crippen molar-refractivity contribution in [3.8, 4) is 11.5 Å². The molecule has 0 aliphatic rings. The maximum atomic E-state index is 4.82. The summed E-state index contributed by atoms with van der Waals surface area (Å²) < 4.78 is 0. The summed E-state index contributed by atoms with van der Waals surface area (Å²) in [5, 5.41) is 2.58. The van der Waals surface area contributed by atoms with Crippen LogP contribution in [0.2, 0.25) is 19.6 Å². The van der Waals surface area contributed by atoms with E-state index in [0.717, 1.165) is 5.33 Å². The first kappa shape index (κ1) is 11.3. The average Bonchev–Trinajstić information content (AvgIpc) is 1.88. The van der Waals surface area contributed by atoms with Crippen molar-refractivity contribution in [2.45, 2.75) is 19.6 Å². The lowest BCUT2D eigenvalue weighted by Crippen LogP contribution is -2.17. The standard InChI is InChI=1S/C8H13BrSSi/c1-11(2,3)5-4-8(6-9)7-10/h7-8H,6H2,1-3H3. The van der Waals surface area contributed by atoms with E-state index in [-0.39, 0.29) is 5.92 Å². The van der Waals surface area contributed by atoms with E-state index < -0.39 is 8.07 Å². The zero-order valence-electron chi connectivity index (χ0n) is 7.15. The van der Waals surface area contributed by atoms with Crippen LogP contribution in [0, 0.1) is 17.4 Å². The second-order valence-electron chi connectivity index (χ2n) is 3.42. The van der Waals surface area contributed by atoms with Crippen LogP contribution in [0.1, 0.15) is 0 Å². The predicted octanol–water partition coefficient (Wildman–Crippen LogP) is 2.88. The van der Waals surface area contributed by atoms with Crippen LogP contribution in [-0.4, -0.2) is 18.8 Å². The second kappa shape index (κ2) is 5.07. The molecule has 0 spiro atoms. The average molecular weight is 249 g/mol. The van der Waals surface area contributed by atoms with Crippen molar-refractivity contribution in [1.29, 1.82) is 0 Å². The molecule has 0 rings (SSSR count). The quantitative estimate of drug-likeness (QED) is 0.314. The molecule has 0 amide bonds. The molecule has 0 saturated heterocycles. The zero-order chi connectivity index (χ0) is 8.91. The van der Waals surface area contributed by atoms with Gasteiger partial charge in [-0.1, -0.05) is 47.8 Å². The molecule has 0 aliphatic carbocycles. The molecule has 3 heteroatoms. The van der Waals surface area contributed by atoms with E-state index in [4.69, 9.17) is 12.2 Å². The van der Waals surface area contributed by atoms with Gasteiger partial charge in [-0.05, 0) is 5.37 Å². The summed E-state index contributed by atoms with van der Waals surface area (Å²) in [5.74, 6) is 3.41. The summed E-state index contributed by atoms with van der Waals surface area (Å²) in [4.78, 5) is 0. The lowest BCUT2D eigenvalue weighted by molar-refractivity contribution is 1.12. The van der Waals surface area contributed by atoms with Gasteiger partial charge in [0.2, 0.25) is 0 Å². The van der Waals surface area contributed by atoms with Gasteiger partial charge in [0.05, 0.1) is 5.92 Å². The van der Waals surface area contributed by atoms with E-state index in [1.165, 1.54) is 0 Å². The van der Waals surface area contributed by atoms with E-state index >= 15 is 0 Å². The molecular weight excluding hydrogens is 236 g/mol. The fourth-order valence-corrected chi connectivity index (χ4v) is 1.80. The van der Waals surface area contributed by atoms with E-state index in [0.29, 0.717) is 0 Å². The minimum atomic E-state index is -1.20. The van der Waals surface area contributed by atoms with E-state index in [2.05, 4.69) is 47.0 Å². The second-order valence-corrected chi connectivity index (χ2v) is 9.09. The van der Waals surface area contributed by atoms with Gasteiger partial charge in [0.15, 0.2) is 0 Å². The highest BCUT2D eigenvalue weighted by Gasteiger charge is 2.08. The molecule has 0 saturated carbocycles. The SMILES string of the molecule is C[Si](C)(C)C#CC(C=S)CBr. The van der Waals surface area contributed by atoms with Crippen LogP contribution < -0.4 is 0 Å². The highest BCUT2D eigenvalue weighted by atomic mass is 79.9. The van der Waals surface area contributed by atoms with Crippen molar-refractivity contribution < 1.29 is 0 Å². The predicted molar refractivity (Wildman–Crippen MR) is 62.1 cm³/mol. The first-order valence-electron chi connectivity index (χ1n) is 3.53. The van der Waals surface area contributed by atoms with Crippen molar-refractivity contribution >= 4 is 41.6 Å². The van der Waals surface area contributed by atoms with Crippen molar-refractivity contribution in [2.75, 3.05) is 5.33 Å². The van der Waals surface area contributed by atoms with Crippen LogP contribution in [-0.2, 0) is 0 Å². The van der Waals surface area contributed by atoms with Gasteiger partial charge in [-0.2, -0.15) is 0 Å². The van der Waals surface area contributed by atoms with Crippen LogP contribution in [0.15, 0.2) is 0 Å². The third-order valence-electron chi connectivity index (χ3n) is 0.963. The molecule has 0 aromatic heterocycles. The number of hydrogen-bond donors (Lipinski definition) is 0. The van der Waals surface area contributed by atoms with Gasteiger partial charge in [-0.3, -0.25) is 0 Å². The fourth-order valence-electron chi connectivity index (χ4n) is 0.418. The van der Waals surface area contributed by atoms with Crippen LogP contribution in [0.25, 0.3) is 0 Å². The molecule has 0 aliphatic heterocycles. The number of hydrogen-bond acceptors (Lipinski definition) is 1. The minimum absolute atomic E-state index is 0.247. The molecular formula is C8H13BrSSi. The Morgan fingerprint density at radius 1 is 1.55 bits per heavy atom. The van der Waals surface area contributed by atoms with E-state index in [1.54, 1.807) is 5.37 Å². The molecule has 11 heavy (non-hydrogen) atoms. The number of halogens is 1. The Hall–Kier alpha value is 0.347. The van der Waals surface area contributed by atoms with Gasteiger partial charge in [0, 0.05) is 5.33 Å². The van der Waals surface area contributed by atoms with Crippen LogP contribution in [0.5, 0.6) is 0 Å². The topological polar surface area (TPSA) is 0 Å². The molecule has 62 valence electrons. The molecule has 1 unspecified atom stereocenters. The third kappa shape index (κ3) is 6.73. The number of alkyl halides is 1. The maximum absolute atomic E-state index is 4.82. The molecule has 1 atom stereocenters. The Morgan fingerprint density at radius 3 is 2.36 bits per heavy atom. The monoisotopic (exact) mass is 248 g/mol. The van der Waals surface area contributed by atoms with Gasteiger partial charge >= 0.3 is 0 Å². The Bertz CT molecular complexity index is 184. The Morgan fingerprint density at radius 2 is 2.09 bits per heavy atom. The number of thiocarbonyl (C=S) groups is 1. The molecule has 0 fully saturated rings. The maximum Gasteiger partial charge on any atom is 0.129 e. The van der Waals surface area contributed by atoms with E-state index in [9.17, 15) is 0 Å². The molecule has 0 aromatic carbocycles. The normalized spacial score (nSPS) is 13.1. The summed E-state index contributed by atoms with van der Waals surface area (Å²) in [5.41, 5.74) is 3.28. The van der Waals surface area contributed by atoms with Crippen LogP contribution in [0.4, 0.5) is 0 Å². The van der Waals surface area contributed by atoms with Gasteiger partial charge in [0.25, 0.3) is 0 Å². The Kier molecular flexibility index (Phi) is 5.23. The third-order valence-corrected chi connectivity index (χ3v) is 2.88. The molecule has 0 bridgehead atoms. The highest BCUT2D eigenvalue weighted by Crippen LogP contribution is 2.00. The van der Waals surface area contributed by atoms with Gasteiger partial charge in [-0.25, -0.2) is 0 Å². The van der Waals surface area contributed by atoms with Crippen molar-refractivity contribution in [3.05, 3.63) is 0 Å². The van der Waals surface area contributed by atoms with Gasteiger partial charge in [-0.15, -0.1) is 11.5 Å². The van der Waals surface area contributed by atoms with Gasteiger partial charge in [0.1, 0.15) is 8.07 Å². The summed E-state index contributed by atoms with van der Waals surface area (Å²) >= 11 is 8.18. The summed E-state index contributed by atoms with van der Waals surface area (Å²) in [6.07, 6.45) is 0. The molecule has 0 radical (unpaired) electrons. The molecule has 0 N–H and O–H groups in total. The van der Waals surface area contributed by atoms with Crippen molar-refractivity contribution in [2.24, 2.45) is 5.92 Å². The van der Waals surface area contributed by atoms with Crippen LogP contribution in [0.3, 0.4) is 0 Å². The first-order valence-corrected chi connectivity index (χ1v) is 8.63. The summed E-state index contributed by atoms with van der Waals surface area (Å²) in [6.45, 7) is 6.69. The Balaban J connectivity index is 4.14. The van der Waals surface area contributed by atoms with Crippen LogP contribution >= 0.6 is 28.1 Å². The van der Waals surface area contributed by atoms with Crippen molar-refractivity contribution in [1.82, 2.24) is 0 Å². The van der Waals surface area contributed by atoms with Gasteiger partial charge < -0.3 is 0 Å². The molecule has 0 nitrogen and oxygen atoms in total. The lowest BCUT2D eigenvalue weighted by Gasteiger charge is -2.04. The van der Waals surface area contributed by atoms with E-state index in [1.807, 2.05) is 0 Å². The summed E-state index contributed by atoms with van der Waals surface area (Å²) in [7, 11) is -1.20. The highest BCUT2D eigenvalue weighted by molar-refractivity contribution is 9.09. The first-order chi connectivity index (χ1) is 4.99.